The highest BCUT2D eigenvalue weighted by atomic mass is 16.6. The Hall–Kier alpha value is -2.01. The summed E-state index contributed by atoms with van der Waals surface area (Å²) < 4.78 is 11.0. The van der Waals surface area contributed by atoms with Gasteiger partial charge in [-0.25, -0.2) is 4.79 Å². The number of morpholine rings is 1. The van der Waals surface area contributed by atoms with E-state index in [9.17, 15) is 4.79 Å². The van der Waals surface area contributed by atoms with Crippen molar-refractivity contribution in [3.8, 4) is 0 Å². The first-order chi connectivity index (χ1) is 13.7. The molecule has 0 radical (unpaired) electrons. The van der Waals surface area contributed by atoms with Gasteiger partial charge in [0.15, 0.2) is 0 Å². The van der Waals surface area contributed by atoms with Crippen LogP contribution >= 0.6 is 0 Å². The third-order valence-corrected chi connectivity index (χ3v) is 5.68. The Morgan fingerprint density at radius 1 is 1.07 bits per heavy atom. The molecule has 2 saturated heterocycles. The van der Waals surface area contributed by atoms with E-state index in [1.54, 1.807) is 0 Å². The van der Waals surface area contributed by atoms with Gasteiger partial charge in [0, 0.05) is 31.9 Å². The van der Waals surface area contributed by atoms with E-state index in [1.807, 2.05) is 25.7 Å². The predicted molar refractivity (Wildman–Crippen MR) is 119 cm³/mol. The van der Waals surface area contributed by atoms with Crippen molar-refractivity contribution in [1.82, 2.24) is 4.90 Å². The highest BCUT2D eigenvalue weighted by Crippen LogP contribution is 2.27. The first-order valence-corrected chi connectivity index (χ1v) is 10.8. The van der Waals surface area contributed by atoms with E-state index >= 15 is 0 Å². The maximum atomic E-state index is 12.2. The molecule has 5 nitrogen and oxygen atoms in total. The van der Waals surface area contributed by atoms with Crippen LogP contribution in [0.5, 0.6) is 0 Å². The van der Waals surface area contributed by atoms with E-state index in [-0.39, 0.29) is 6.09 Å². The normalized spacial score (nSPS) is 19.1. The Balaban J connectivity index is 1.58. The lowest BCUT2D eigenvalue weighted by molar-refractivity contribution is 0.0197. The molecule has 0 bridgehead atoms. The second kappa shape index (κ2) is 9.21. The molecule has 5 heteroatoms. The summed E-state index contributed by atoms with van der Waals surface area (Å²) in [6.45, 7) is 15.2. The molecule has 1 amide bonds. The first-order valence-electron chi connectivity index (χ1n) is 10.8. The Labute approximate surface area is 175 Å². The van der Waals surface area contributed by atoms with Crippen molar-refractivity contribution in [1.29, 1.82) is 0 Å². The number of nitrogens with zero attached hydrogens (tertiary/aromatic N) is 2. The van der Waals surface area contributed by atoms with Gasteiger partial charge in [-0.2, -0.15) is 0 Å². The van der Waals surface area contributed by atoms with Gasteiger partial charge >= 0.3 is 6.09 Å². The highest BCUT2D eigenvalue weighted by molar-refractivity contribution is 5.68. The van der Waals surface area contributed by atoms with Crippen LogP contribution < -0.4 is 4.90 Å². The van der Waals surface area contributed by atoms with Crippen molar-refractivity contribution < 1.29 is 14.3 Å². The number of anilines is 1. The summed E-state index contributed by atoms with van der Waals surface area (Å²) in [6.07, 6.45) is 6.39. The predicted octanol–water partition coefficient (Wildman–Crippen LogP) is 4.80. The third-order valence-electron chi connectivity index (χ3n) is 5.68. The standard InChI is InChI=1S/C24H36N2O3/c1-18-16-21(25-12-14-28-15-13-25)17-19(2)22(18)7-6-20-8-10-26(11-9-20)23(27)29-24(3,4)5/h6-7,16-17,20H,8-15H2,1-5H3. The number of hydrogen-bond donors (Lipinski definition) is 0. The zero-order valence-corrected chi connectivity index (χ0v) is 18.7. The number of carbonyl (C=O) groups is 1. The SMILES string of the molecule is Cc1cc(N2CCOCC2)cc(C)c1C=CC1CCN(C(=O)OC(C)(C)C)CC1. The van der Waals surface area contributed by atoms with E-state index in [0.717, 1.165) is 52.2 Å². The van der Waals surface area contributed by atoms with Crippen LogP contribution in [0.2, 0.25) is 0 Å². The summed E-state index contributed by atoms with van der Waals surface area (Å²) in [6, 6.07) is 4.59. The maximum absolute atomic E-state index is 12.2. The lowest BCUT2D eigenvalue weighted by Crippen LogP contribution is -2.41. The van der Waals surface area contributed by atoms with E-state index in [0.29, 0.717) is 5.92 Å². The van der Waals surface area contributed by atoms with Crippen LogP contribution in [0.15, 0.2) is 18.2 Å². The molecule has 160 valence electrons. The molecule has 0 aliphatic carbocycles. The van der Waals surface area contributed by atoms with Crippen LogP contribution in [0.25, 0.3) is 6.08 Å². The molecule has 0 N–H and O–H groups in total. The molecule has 2 aliphatic heterocycles. The van der Waals surface area contributed by atoms with Gasteiger partial charge in [-0.3, -0.25) is 0 Å². The van der Waals surface area contributed by atoms with E-state index in [2.05, 4.69) is 43.0 Å². The van der Waals surface area contributed by atoms with Gasteiger partial charge in [0.2, 0.25) is 0 Å². The number of rotatable bonds is 3. The topological polar surface area (TPSA) is 42.0 Å². The number of aryl methyl sites for hydroxylation is 2. The summed E-state index contributed by atoms with van der Waals surface area (Å²) in [4.78, 5) is 16.5. The van der Waals surface area contributed by atoms with Crippen LogP contribution in [0.4, 0.5) is 10.5 Å². The number of amides is 1. The fourth-order valence-corrected chi connectivity index (χ4v) is 4.05. The van der Waals surface area contributed by atoms with Gasteiger partial charge < -0.3 is 19.3 Å². The van der Waals surface area contributed by atoms with Gasteiger partial charge in [-0.05, 0) is 82.2 Å². The molecule has 0 atom stereocenters. The van der Waals surface area contributed by atoms with Gasteiger partial charge in [0.1, 0.15) is 5.60 Å². The quantitative estimate of drug-likeness (QED) is 0.731. The number of hydrogen-bond acceptors (Lipinski definition) is 4. The summed E-state index contributed by atoms with van der Waals surface area (Å²) in [5.74, 6) is 0.506. The zero-order valence-electron chi connectivity index (χ0n) is 18.7. The fraction of sp³-hybridized carbons (Fsp3) is 0.625. The average Bonchev–Trinajstić information content (AvgIpc) is 2.67. The molecule has 0 saturated carbocycles. The summed E-state index contributed by atoms with van der Waals surface area (Å²) in [5.41, 5.74) is 4.81. The molecule has 2 aliphatic rings. The van der Waals surface area contributed by atoms with Crippen LogP contribution in [0, 0.1) is 19.8 Å². The van der Waals surface area contributed by atoms with Gasteiger partial charge in [-0.15, -0.1) is 0 Å². The smallest absolute Gasteiger partial charge is 0.410 e. The van der Waals surface area contributed by atoms with Crippen LogP contribution in [-0.2, 0) is 9.47 Å². The Morgan fingerprint density at radius 3 is 2.21 bits per heavy atom. The van der Waals surface area contributed by atoms with Crippen molar-refractivity contribution in [2.24, 2.45) is 5.92 Å². The molecule has 0 unspecified atom stereocenters. The number of allylic oxidation sites excluding steroid dienone is 1. The van der Waals surface area contributed by atoms with Crippen LogP contribution in [0.1, 0.15) is 50.3 Å². The largest absolute Gasteiger partial charge is 0.444 e. The molecular formula is C24H36N2O3. The fourth-order valence-electron chi connectivity index (χ4n) is 4.05. The number of piperidine rings is 1. The number of benzene rings is 1. The van der Waals surface area contributed by atoms with Crippen LogP contribution in [-0.4, -0.2) is 56.0 Å². The molecule has 2 fully saturated rings. The molecule has 1 aromatic rings. The minimum Gasteiger partial charge on any atom is -0.444 e. The molecule has 2 heterocycles. The molecule has 1 aromatic carbocycles. The number of carbonyl (C=O) groups excluding carboxylic acids is 1. The Kier molecular flexibility index (Phi) is 6.89. The van der Waals surface area contributed by atoms with E-state index in [4.69, 9.17) is 9.47 Å². The van der Waals surface area contributed by atoms with Crippen molar-refractivity contribution in [3.05, 3.63) is 34.9 Å². The lowest BCUT2D eigenvalue weighted by Gasteiger charge is -2.32. The van der Waals surface area contributed by atoms with Crippen molar-refractivity contribution in [2.75, 3.05) is 44.3 Å². The highest BCUT2D eigenvalue weighted by Gasteiger charge is 2.26. The van der Waals surface area contributed by atoms with Gasteiger partial charge in [0.05, 0.1) is 13.2 Å². The molecule has 0 spiro atoms. The van der Waals surface area contributed by atoms with Crippen LogP contribution in [0.3, 0.4) is 0 Å². The minimum absolute atomic E-state index is 0.190. The molecule has 3 rings (SSSR count). The Morgan fingerprint density at radius 2 is 1.66 bits per heavy atom. The molecule has 29 heavy (non-hydrogen) atoms. The molecule has 0 aromatic heterocycles. The third kappa shape index (κ3) is 5.99. The lowest BCUT2D eigenvalue weighted by atomic mass is 9.94. The number of ether oxygens (including phenoxy) is 2. The van der Waals surface area contributed by atoms with E-state index < -0.39 is 5.60 Å². The van der Waals surface area contributed by atoms with Crippen molar-refractivity contribution >= 4 is 17.9 Å². The van der Waals surface area contributed by atoms with Gasteiger partial charge in [0.25, 0.3) is 0 Å². The summed E-state index contributed by atoms with van der Waals surface area (Å²) >= 11 is 0. The average molecular weight is 401 g/mol. The zero-order chi connectivity index (χ0) is 21.0. The maximum Gasteiger partial charge on any atom is 0.410 e. The monoisotopic (exact) mass is 400 g/mol. The number of likely N-dealkylation sites (tertiary alicyclic amines) is 1. The van der Waals surface area contributed by atoms with Crippen molar-refractivity contribution in [3.63, 3.8) is 0 Å². The second-order valence-corrected chi connectivity index (χ2v) is 9.26. The summed E-state index contributed by atoms with van der Waals surface area (Å²) in [5, 5.41) is 0. The summed E-state index contributed by atoms with van der Waals surface area (Å²) in [7, 11) is 0. The van der Waals surface area contributed by atoms with Crippen molar-refractivity contribution in [2.45, 2.75) is 53.1 Å². The van der Waals surface area contributed by atoms with E-state index in [1.165, 1.54) is 22.4 Å². The molecular weight excluding hydrogens is 364 g/mol. The minimum atomic E-state index is -0.434. The second-order valence-electron chi connectivity index (χ2n) is 9.26. The van der Waals surface area contributed by atoms with Gasteiger partial charge in [-0.1, -0.05) is 12.2 Å². The first kappa shape index (κ1) is 21.7. The Bertz CT molecular complexity index is 714.